The van der Waals surface area contributed by atoms with E-state index in [9.17, 15) is 4.79 Å². The molecular formula is C13H11NOS. The lowest BCUT2D eigenvalue weighted by atomic mass is 10.1. The lowest BCUT2D eigenvalue weighted by Gasteiger charge is -1.98. The van der Waals surface area contributed by atoms with E-state index in [-0.39, 0.29) is 11.7 Å². The molecule has 1 aliphatic carbocycles. The van der Waals surface area contributed by atoms with E-state index >= 15 is 0 Å². The molecule has 1 aromatic heterocycles. The van der Waals surface area contributed by atoms with Crippen molar-refractivity contribution >= 4 is 17.1 Å². The zero-order valence-electron chi connectivity index (χ0n) is 8.67. The third-order valence-electron chi connectivity index (χ3n) is 3.04. The van der Waals surface area contributed by atoms with Gasteiger partial charge in [-0.1, -0.05) is 30.3 Å². The summed E-state index contributed by atoms with van der Waals surface area (Å²) >= 11 is 1.48. The van der Waals surface area contributed by atoms with Crippen molar-refractivity contribution in [3.8, 4) is 0 Å². The molecule has 2 atom stereocenters. The first-order valence-corrected chi connectivity index (χ1v) is 6.28. The highest BCUT2D eigenvalue weighted by atomic mass is 32.1. The Bertz CT molecular complexity index is 492. The molecule has 80 valence electrons. The smallest absolute Gasteiger partial charge is 0.185 e. The van der Waals surface area contributed by atoms with Gasteiger partial charge in [0.05, 0.1) is 5.51 Å². The van der Waals surface area contributed by atoms with E-state index < -0.39 is 0 Å². The minimum absolute atomic E-state index is 0.157. The highest BCUT2D eigenvalue weighted by Gasteiger charge is 2.44. The van der Waals surface area contributed by atoms with Gasteiger partial charge in [-0.05, 0) is 17.9 Å². The topological polar surface area (TPSA) is 30.0 Å². The molecule has 3 heteroatoms. The maximum absolute atomic E-state index is 12.0. The van der Waals surface area contributed by atoms with Gasteiger partial charge in [-0.2, -0.15) is 0 Å². The fraction of sp³-hybridized carbons (Fsp3) is 0.231. The van der Waals surface area contributed by atoms with E-state index in [0.717, 1.165) is 6.42 Å². The van der Waals surface area contributed by atoms with Crippen LogP contribution in [0, 0.1) is 5.92 Å². The monoisotopic (exact) mass is 229 g/mol. The quantitative estimate of drug-likeness (QED) is 0.757. The van der Waals surface area contributed by atoms with Gasteiger partial charge in [0.1, 0.15) is 5.69 Å². The van der Waals surface area contributed by atoms with Crippen molar-refractivity contribution in [2.75, 3.05) is 0 Å². The van der Waals surface area contributed by atoms with Crippen molar-refractivity contribution in [3.05, 3.63) is 52.5 Å². The molecule has 0 saturated heterocycles. The van der Waals surface area contributed by atoms with Gasteiger partial charge in [-0.3, -0.25) is 4.79 Å². The first kappa shape index (κ1) is 9.73. The molecule has 16 heavy (non-hydrogen) atoms. The number of carbonyl (C=O) groups is 1. The highest BCUT2D eigenvalue weighted by molar-refractivity contribution is 7.07. The van der Waals surface area contributed by atoms with Crippen LogP contribution < -0.4 is 0 Å². The second kappa shape index (κ2) is 3.83. The average molecular weight is 229 g/mol. The summed E-state index contributed by atoms with van der Waals surface area (Å²) < 4.78 is 0. The molecule has 2 nitrogen and oxygen atoms in total. The predicted molar refractivity (Wildman–Crippen MR) is 63.7 cm³/mol. The molecule has 0 amide bonds. The number of Topliss-reactive ketones (excluding diaryl/α,β-unsaturated/α-hetero) is 1. The summed E-state index contributed by atoms with van der Waals surface area (Å²) in [6, 6.07) is 10.2. The van der Waals surface area contributed by atoms with Gasteiger partial charge in [-0.25, -0.2) is 4.98 Å². The Morgan fingerprint density at radius 3 is 2.81 bits per heavy atom. The maximum Gasteiger partial charge on any atom is 0.185 e. The summed E-state index contributed by atoms with van der Waals surface area (Å²) in [4.78, 5) is 16.1. The zero-order valence-corrected chi connectivity index (χ0v) is 9.48. The average Bonchev–Trinajstić information content (AvgIpc) is 2.95. The van der Waals surface area contributed by atoms with Crippen LogP contribution in [-0.4, -0.2) is 10.8 Å². The van der Waals surface area contributed by atoms with E-state index in [4.69, 9.17) is 0 Å². The molecule has 1 fully saturated rings. The van der Waals surface area contributed by atoms with Gasteiger partial charge >= 0.3 is 0 Å². The molecule has 0 bridgehead atoms. The number of thiazole rings is 1. The molecule has 0 radical (unpaired) electrons. The van der Waals surface area contributed by atoms with Crippen LogP contribution in [0.1, 0.15) is 28.4 Å². The number of ketones is 1. The summed E-state index contributed by atoms with van der Waals surface area (Å²) in [6.45, 7) is 0. The van der Waals surface area contributed by atoms with Crippen LogP contribution in [0.15, 0.2) is 41.2 Å². The Labute approximate surface area is 98.0 Å². The number of hydrogen-bond acceptors (Lipinski definition) is 3. The Kier molecular flexibility index (Phi) is 2.33. The highest BCUT2D eigenvalue weighted by Crippen LogP contribution is 2.48. The largest absolute Gasteiger partial charge is 0.292 e. The summed E-state index contributed by atoms with van der Waals surface area (Å²) in [5.74, 6) is 0.773. The molecule has 1 heterocycles. The van der Waals surface area contributed by atoms with E-state index in [1.807, 2.05) is 23.6 Å². The fourth-order valence-corrected chi connectivity index (χ4v) is 2.62. The third kappa shape index (κ3) is 1.67. The zero-order chi connectivity index (χ0) is 11.0. The molecule has 0 N–H and O–H groups in total. The molecule has 2 aromatic rings. The number of aromatic nitrogens is 1. The number of benzene rings is 1. The van der Waals surface area contributed by atoms with E-state index in [1.165, 1.54) is 16.9 Å². The Balaban J connectivity index is 1.75. The molecule has 1 saturated carbocycles. The Hall–Kier alpha value is -1.48. The van der Waals surface area contributed by atoms with Crippen LogP contribution in [0.25, 0.3) is 0 Å². The van der Waals surface area contributed by atoms with Crippen LogP contribution >= 0.6 is 11.3 Å². The molecule has 2 unspecified atom stereocenters. The Morgan fingerprint density at radius 1 is 1.31 bits per heavy atom. The summed E-state index contributed by atoms with van der Waals surface area (Å²) in [5.41, 5.74) is 3.62. The summed E-state index contributed by atoms with van der Waals surface area (Å²) in [5, 5.41) is 1.84. The first-order valence-electron chi connectivity index (χ1n) is 5.33. The van der Waals surface area contributed by atoms with Crippen molar-refractivity contribution in [2.45, 2.75) is 12.3 Å². The van der Waals surface area contributed by atoms with Crippen LogP contribution in [0.2, 0.25) is 0 Å². The summed E-state index contributed by atoms with van der Waals surface area (Å²) in [7, 11) is 0. The fourth-order valence-electron chi connectivity index (χ4n) is 2.08. The number of carbonyl (C=O) groups excluding carboxylic acids is 1. The predicted octanol–water partition coefficient (Wildman–Crippen LogP) is 3.13. The number of nitrogens with zero attached hydrogens (tertiary/aromatic N) is 1. The maximum atomic E-state index is 12.0. The van der Waals surface area contributed by atoms with E-state index in [2.05, 4.69) is 17.1 Å². The SMILES string of the molecule is O=C(c1cscn1)C1CC1c1ccccc1. The number of rotatable bonds is 3. The van der Waals surface area contributed by atoms with Crippen LogP contribution in [0.4, 0.5) is 0 Å². The molecule has 1 aromatic carbocycles. The lowest BCUT2D eigenvalue weighted by molar-refractivity contribution is 0.0961. The minimum atomic E-state index is 0.157. The minimum Gasteiger partial charge on any atom is -0.292 e. The standard InChI is InChI=1S/C13H11NOS/c15-13(12-7-16-8-14-12)11-6-10(11)9-4-2-1-3-5-9/h1-5,7-8,10-11H,6H2. The van der Waals surface area contributed by atoms with Crippen molar-refractivity contribution in [1.29, 1.82) is 0 Å². The van der Waals surface area contributed by atoms with E-state index in [0.29, 0.717) is 11.6 Å². The molecule has 1 aliphatic rings. The molecular weight excluding hydrogens is 218 g/mol. The third-order valence-corrected chi connectivity index (χ3v) is 3.63. The number of hydrogen-bond donors (Lipinski definition) is 0. The van der Waals surface area contributed by atoms with Gasteiger partial charge in [0.15, 0.2) is 5.78 Å². The van der Waals surface area contributed by atoms with Crippen LogP contribution in [-0.2, 0) is 0 Å². The molecule has 0 aliphatic heterocycles. The van der Waals surface area contributed by atoms with Gasteiger partial charge in [0.25, 0.3) is 0 Å². The molecule has 0 spiro atoms. The van der Waals surface area contributed by atoms with Crippen molar-refractivity contribution in [2.24, 2.45) is 5.92 Å². The van der Waals surface area contributed by atoms with Crippen molar-refractivity contribution < 1.29 is 4.79 Å². The normalized spacial score (nSPS) is 23.0. The van der Waals surface area contributed by atoms with Crippen LogP contribution in [0.3, 0.4) is 0 Å². The van der Waals surface area contributed by atoms with Gasteiger partial charge < -0.3 is 0 Å². The second-order valence-corrected chi connectivity index (χ2v) is 4.82. The molecule has 3 rings (SSSR count). The van der Waals surface area contributed by atoms with Gasteiger partial charge in [-0.15, -0.1) is 11.3 Å². The lowest BCUT2D eigenvalue weighted by Crippen LogP contribution is -2.03. The summed E-state index contributed by atoms with van der Waals surface area (Å²) in [6.07, 6.45) is 0.973. The van der Waals surface area contributed by atoms with Crippen LogP contribution in [0.5, 0.6) is 0 Å². The van der Waals surface area contributed by atoms with Gasteiger partial charge in [0, 0.05) is 11.3 Å². The van der Waals surface area contributed by atoms with Gasteiger partial charge in [0.2, 0.25) is 0 Å². The van der Waals surface area contributed by atoms with Crippen molar-refractivity contribution in [1.82, 2.24) is 4.98 Å². The second-order valence-electron chi connectivity index (χ2n) is 4.10. The van der Waals surface area contributed by atoms with E-state index in [1.54, 1.807) is 5.51 Å². The first-order chi connectivity index (χ1) is 7.86. The van der Waals surface area contributed by atoms with Crippen molar-refractivity contribution in [3.63, 3.8) is 0 Å². The Morgan fingerprint density at radius 2 is 2.12 bits per heavy atom.